The minimum absolute atomic E-state index is 0.143. The lowest BCUT2D eigenvalue weighted by Gasteiger charge is -2.40. The molecule has 2 aliphatic rings. The number of anilines is 4. The molecule has 0 bridgehead atoms. The molecule has 0 saturated carbocycles. The lowest BCUT2D eigenvalue weighted by molar-refractivity contribution is -0.120. The Bertz CT molecular complexity index is 1180. The first-order valence-corrected chi connectivity index (χ1v) is 11.5. The van der Waals surface area contributed by atoms with Gasteiger partial charge in [-0.1, -0.05) is 12.8 Å². The summed E-state index contributed by atoms with van der Waals surface area (Å²) in [6.07, 6.45) is 9.63. The van der Waals surface area contributed by atoms with E-state index in [1.54, 1.807) is 19.6 Å². The third kappa shape index (κ3) is 3.88. The molecule has 0 spiro atoms. The number of benzene rings is 1. The fourth-order valence-electron chi connectivity index (χ4n) is 4.70. The van der Waals surface area contributed by atoms with Crippen LogP contribution >= 0.6 is 0 Å². The first-order chi connectivity index (χ1) is 16.1. The van der Waals surface area contributed by atoms with Gasteiger partial charge in [-0.15, -0.1) is 0 Å². The molecule has 1 atom stereocenters. The Morgan fingerprint density at radius 3 is 2.85 bits per heavy atom. The molecule has 4 heterocycles. The number of carbonyl (C=O) groups is 1. The van der Waals surface area contributed by atoms with Crippen molar-refractivity contribution >= 4 is 29.0 Å². The zero-order chi connectivity index (χ0) is 22.9. The summed E-state index contributed by atoms with van der Waals surface area (Å²) < 4.78 is 7.59. The SMILES string of the molecule is CCN1C(=O)C2CCCCCN2c2nc(Nc3ccc(-n4cnc(C)c4)cc3OC)ncc21. The molecule has 172 valence electrons. The van der Waals surface area contributed by atoms with E-state index in [2.05, 4.69) is 20.2 Å². The number of nitrogens with one attached hydrogen (secondary N) is 1. The third-order valence-electron chi connectivity index (χ3n) is 6.37. The van der Waals surface area contributed by atoms with Gasteiger partial charge in [-0.05, 0) is 38.8 Å². The van der Waals surface area contributed by atoms with Gasteiger partial charge in [0.2, 0.25) is 11.9 Å². The summed E-state index contributed by atoms with van der Waals surface area (Å²) in [5.74, 6) is 2.14. The van der Waals surface area contributed by atoms with Gasteiger partial charge in [-0.25, -0.2) is 9.97 Å². The van der Waals surface area contributed by atoms with Crippen LogP contribution < -0.4 is 19.9 Å². The number of fused-ring (bicyclic) bond motifs is 3. The van der Waals surface area contributed by atoms with Crippen molar-refractivity contribution < 1.29 is 9.53 Å². The van der Waals surface area contributed by atoms with Gasteiger partial charge in [0.25, 0.3) is 0 Å². The lowest BCUT2D eigenvalue weighted by atomic mass is 10.1. The number of carbonyl (C=O) groups excluding carboxylic acids is 1. The summed E-state index contributed by atoms with van der Waals surface area (Å²) in [4.78, 5) is 30.8. The summed E-state index contributed by atoms with van der Waals surface area (Å²) in [7, 11) is 1.64. The highest BCUT2D eigenvalue weighted by atomic mass is 16.5. The predicted octanol–water partition coefficient (Wildman–Crippen LogP) is 3.84. The molecular formula is C24H29N7O2. The fraction of sp³-hybridized carbons (Fsp3) is 0.417. The summed E-state index contributed by atoms with van der Waals surface area (Å²) in [6, 6.07) is 5.75. The molecule has 2 aliphatic heterocycles. The molecule has 1 fully saturated rings. The number of aryl methyl sites for hydroxylation is 1. The van der Waals surface area contributed by atoms with Crippen LogP contribution in [-0.4, -0.2) is 51.7 Å². The van der Waals surface area contributed by atoms with E-state index in [0.29, 0.717) is 18.2 Å². The highest BCUT2D eigenvalue weighted by Crippen LogP contribution is 2.38. The van der Waals surface area contributed by atoms with Crippen LogP contribution in [0, 0.1) is 6.92 Å². The Labute approximate surface area is 193 Å². The van der Waals surface area contributed by atoms with Crippen LogP contribution in [0.2, 0.25) is 0 Å². The van der Waals surface area contributed by atoms with Crippen molar-refractivity contribution in [1.29, 1.82) is 0 Å². The number of hydrogen-bond donors (Lipinski definition) is 1. The van der Waals surface area contributed by atoms with Crippen molar-refractivity contribution in [3.05, 3.63) is 42.6 Å². The van der Waals surface area contributed by atoms with Gasteiger partial charge < -0.3 is 24.4 Å². The molecule has 1 aromatic carbocycles. The number of likely N-dealkylation sites (N-methyl/N-ethyl adjacent to an activating group) is 1. The average molecular weight is 448 g/mol. The van der Waals surface area contributed by atoms with E-state index in [9.17, 15) is 4.79 Å². The average Bonchev–Trinajstić information content (AvgIpc) is 3.11. The Hall–Kier alpha value is -3.62. The molecule has 5 rings (SSSR count). The number of nitrogens with zero attached hydrogens (tertiary/aromatic N) is 6. The molecule has 9 nitrogen and oxygen atoms in total. The van der Waals surface area contributed by atoms with E-state index in [-0.39, 0.29) is 11.9 Å². The maximum Gasteiger partial charge on any atom is 0.249 e. The van der Waals surface area contributed by atoms with E-state index in [1.807, 2.05) is 47.7 Å². The van der Waals surface area contributed by atoms with Gasteiger partial charge in [0.1, 0.15) is 17.5 Å². The molecule has 1 N–H and O–H groups in total. The molecule has 1 unspecified atom stereocenters. The molecule has 0 radical (unpaired) electrons. The summed E-state index contributed by atoms with van der Waals surface area (Å²) >= 11 is 0. The fourth-order valence-corrected chi connectivity index (χ4v) is 4.70. The number of ether oxygens (including phenoxy) is 1. The quantitative estimate of drug-likeness (QED) is 0.636. The first kappa shape index (κ1) is 21.2. The second-order valence-electron chi connectivity index (χ2n) is 8.48. The monoisotopic (exact) mass is 447 g/mol. The van der Waals surface area contributed by atoms with Crippen molar-refractivity contribution in [3.63, 3.8) is 0 Å². The maximum atomic E-state index is 13.1. The van der Waals surface area contributed by atoms with Gasteiger partial charge in [0, 0.05) is 25.4 Å². The topological polar surface area (TPSA) is 88.4 Å². The molecule has 0 aliphatic carbocycles. The largest absolute Gasteiger partial charge is 0.494 e. The van der Waals surface area contributed by atoms with Crippen molar-refractivity contribution in [1.82, 2.24) is 19.5 Å². The number of methoxy groups -OCH3 is 1. The molecule has 33 heavy (non-hydrogen) atoms. The third-order valence-corrected chi connectivity index (χ3v) is 6.37. The summed E-state index contributed by atoms with van der Waals surface area (Å²) in [5, 5.41) is 3.31. The number of amides is 1. The first-order valence-electron chi connectivity index (χ1n) is 11.5. The van der Waals surface area contributed by atoms with E-state index < -0.39 is 0 Å². The van der Waals surface area contributed by atoms with Crippen LogP contribution in [0.15, 0.2) is 36.9 Å². The standard InChI is InChI=1S/C24H29N7O2/c1-4-30-20-13-25-24(28-22(20)31-11-7-5-6-8-19(31)23(30)32)27-18-10-9-17(12-21(18)33-3)29-14-16(2)26-15-29/h9-10,12-15,19H,4-8,11H2,1-3H3,(H,25,27,28). The second-order valence-corrected chi connectivity index (χ2v) is 8.48. The van der Waals surface area contributed by atoms with Gasteiger partial charge in [-0.3, -0.25) is 4.79 Å². The second kappa shape index (κ2) is 8.73. The molecule has 3 aromatic rings. The van der Waals surface area contributed by atoms with Crippen LogP contribution in [0.4, 0.5) is 23.1 Å². The zero-order valence-electron chi connectivity index (χ0n) is 19.3. The number of hydrogen-bond acceptors (Lipinski definition) is 7. The van der Waals surface area contributed by atoms with Gasteiger partial charge >= 0.3 is 0 Å². The van der Waals surface area contributed by atoms with Crippen LogP contribution in [0.3, 0.4) is 0 Å². The van der Waals surface area contributed by atoms with Crippen LogP contribution in [-0.2, 0) is 4.79 Å². The zero-order valence-corrected chi connectivity index (χ0v) is 19.3. The smallest absolute Gasteiger partial charge is 0.249 e. The Balaban J connectivity index is 1.48. The Kier molecular flexibility index (Phi) is 5.62. The maximum absolute atomic E-state index is 13.1. The Morgan fingerprint density at radius 1 is 1.21 bits per heavy atom. The summed E-state index contributed by atoms with van der Waals surface area (Å²) in [6.45, 7) is 5.39. The normalized spacial score (nSPS) is 17.9. The van der Waals surface area contributed by atoms with E-state index in [0.717, 1.165) is 60.8 Å². The van der Waals surface area contributed by atoms with Gasteiger partial charge in [0.05, 0.1) is 36.7 Å². The van der Waals surface area contributed by atoms with Gasteiger partial charge in [-0.2, -0.15) is 4.98 Å². The minimum Gasteiger partial charge on any atom is -0.494 e. The minimum atomic E-state index is -0.143. The Morgan fingerprint density at radius 2 is 2.09 bits per heavy atom. The van der Waals surface area contributed by atoms with E-state index in [4.69, 9.17) is 9.72 Å². The molecule has 9 heteroatoms. The highest BCUT2D eigenvalue weighted by molar-refractivity contribution is 6.04. The molecule has 2 aromatic heterocycles. The van der Waals surface area contributed by atoms with Crippen molar-refractivity contribution in [3.8, 4) is 11.4 Å². The molecule has 1 amide bonds. The number of imidazole rings is 1. The summed E-state index contributed by atoms with van der Waals surface area (Å²) in [5.41, 5.74) is 3.45. The van der Waals surface area contributed by atoms with Crippen molar-refractivity contribution in [2.45, 2.75) is 45.6 Å². The van der Waals surface area contributed by atoms with Crippen LogP contribution in [0.5, 0.6) is 5.75 Å². The lowest BCUT2D eigenvalue weighted by Crippen LogP contribution is -2.53. The highest BCUT2D eigenvalue weighted by Gasteiger charge is 2.39. The van der Waals surface area contributed by atoms with Crippen LogP contribution in [0.25, 0.3) is 5.69 Å². The van der Waals surface area contributed by atoms with E-state index in [1.165, 1.54) is 0 Å². The van der Waals surface area contributed by atoms with Crippen molar-refractivity contribution in [2.75, 3.05) is 35.3 Å². The van der Waals surface area contributed by atoms with Crippen molar-refractivity contribution in [2.24, 2.45) is 0 Å². The number of rotatable bonds is 5. The van der Waals surface area contributed by atoms with E-state index >= 15 is 0 Å². The molecule has 1 saturated heterocycles. The predicted molar refractivity (Wildman–Crippen MR) is 128 cm³/mol. The van der Waals surface area contributed by atoms with Crippen LogP contribution in [0.1, 0.15) is 38.3 Å². The molecular weight excluding hydrogens is 418 g/mol. The number of aromatic nitrogens is 4. The van der Waals surface area contributed by atoms with Gasteiger partial charge in [0.15, 0.2) is 5.82 Å².